The van der Waals surface area contributed by atoms with E-state index in [1.807, 2.05) is 0 Å². The summed E-state index contributed by atoms with van der Waals surface area (Å²) in [6, 6.07) is 0. The molecule has 0 amide bonds. The first-order valence-electron chi connectivity index (χ1n) is 10.4. The third-order valence-corrected chi connectivity index (χ3v) is 5.86. The number of carbonyl (C=O) groups is 1. The van der Waals surface area contributed by atoms with Crippen molar-refractivity contribution >= 4 is 5.97 Å². The Morgan fingerprint density at radius 3 is 2.03 bits per heavy atom. The van der Waals surface area contributed by atoms with Crippen LogP contribution in [0, 0.1) is 0 Å². The van der Waals surface area contributed by atoms with Crippen molar-refractivity contribution in [2.24, 2.45) is 0 Å². The van der Waals surface area contributed by atoms with Crippen molar-refractivity contribution in [3.63, 3.8) is 0 Å². The molecule has 0 unspecified atom stereocenters. The summed E-state index contributed by atoms with van der Waals surface area (Å²) >= 11 is 0. The average molecular weight is 502 g/mol. The van der Waals surface area contributed by atoms with Crippen LogP contribution in [0.1, 0.15) is 0 Å². The Balaban J connectivity index is 1.88. The van der Waals surface area contributed by atoms with E-state index in [1.165, 1.54) is 0 Å². The molecule has 14 atom stereocenters. The van der Waals surface area contributed by atoms with Crippen LogP contribution in [0.3, 0.4) is 0 Å². The molecule has 0 aromatic heterocycles. The monoisotopic (exact) mass is 502 g/mol. The van der Waals surface area contributed by atoms with E-state index >= 15 is 0 Å². The van der Waals surface area contributed by atoms with Crippen molar-refractivity contribution in [1.82, 2.24) is 0 Å². The summed E-state index contributed by atoms with van der Waals surface area (Å²) in [6.07, 6.45) is -24.6. The Bertz CT molecular complexity index is 678. The molecule has 16 heteroatoms. The Morgan fingerprint density at radius 2 is 1.41 bits per heavy atom. The highest BCUT2D eigenvalue weighted by molar-refractivity contribution is 5.75. The van der Waals surface area contributed by atoms with Crippen molar-refractivity contribution in [2.75, 3.05) is 20.3 Å². The molecule has 0 radical (unpaired) electrons. The van der Waals surface area contributed by atoms with Gasteiger partial charge in [-0.3, -0.25) is 0 Å². The maximum Gasteiger partial charge on any atom is 0.337 e. The van der Waals surface area contributed by atoms with Crippen LogP contribution < -0.4 is 0 Å². The van der Waals surface area contributed by atoms with Crippen LogP contribution >= 0.6 is 0 Å². The topological polar surface area (TPSA) is 255 Å². The highest BCUT2D eigenvalue weighted by Crippen LogP contribution is 2.32. The fraction of sp³-hybridized carbons (Fsp3) is 0.944. The Morgan fingerprint density at radius 1 is 0.794 bits per heavy atom. The number of hydrogen-bond acceptors (Lipinski definition) is 16. The third kappa shape index (κ3) is 5.35. The lowest BCUT2D eigenvalue weighted by Crippen LogP contribution is -2.67. The molecule has 0 spiro atoms. The first-order valence-corrected chi connectivity index (χ1v) is 10.4. The van der Waals surface area contributed by atoms with Gasteiger partial charge in [0.05, 0.1) is 20.3 Å². The van der Waals surface area contributed by atoms with Crippen LogP contribution in [0.15, 0.2) is 0 Å². The summed E-state index contributed by atoms with van der Waals surface area (Å²) in [5.41, 5.74) is 0. The molecule has 3 saturated heterocycles. The zero-order valence-corrected chi connectivity index (χ0v) is 17.9. The van der Waals surface area contributed by atoms with Crippen LogP contribution in [-0.2, 0) is 33.2 Å². The van der Waals surface area contributed by atoms with Crippen molar-refractivity contribution in [1.29, 1.82) is 0 Å². The molecule has 3 rings (SSSR count). The molecule has 0 aromatic rings. The standard InChI is InChI=1S/C18H30O16/c1-29-16(28)14-13(34-18-10(25)8(23)7(22)5(2-19)31-18)12(11(26)15(27)32-14)33-17-9(24)6(21)4(20)3-30-17/h4-15,17-27H,2-3H2,1H3/t4-,5+,6-,7-,8-,9+,10+,11+,12+,13-,14-,15+,17-,18-/m0/s1. The summed E-state index contributed by atoms with van der Waals surface area (Å²) in [5, 5.41) is 89.9. The molecule has 16 nitrogen and oxygen atoms in total. The maximum absolute atomic E-state index is 12.3. The quantitative estimate of drug-likeness (QED) is 0.153. The normalized spacial score (nSPS) is 50.1. The van der Waals surface area contributed by atoms with E-state index in [0.29, 0.717) is 0 Å². The summed E-state index contributed by atoms with van der Waals surface area (Å²) < 4.78 is 31.1. The van der Waals surface area contributed by atoms with Gasteiger partial charge in [0.1, 0.15) is 61.0 Å². The predicted octanol–water partition coefficient (Wildman–Crippen LogP) is -6.75. The van der Waals surface area contributed by atoms with Crippen LogP contribution in [-0.4, -0.2) is 158 Å². The van der Waals surface area contributed by atoms with E-state index < -0.39 is 105 Å². The molecule has 34 heavy (non-hydrogen) atoms. The molecule has 0 aliphatic carbocycles. The first kappa shape index (κ1) is 27.5. The van der Waals surface area contributed by atoms with Gasteiger partial charge in [-0.2, -0.15) is 0 Å². The molecule has 198 valence electrons. The number of rotatable bonds is 6. The first-order chi connectivity index (χ1) is 16.0. The number of methoxy groups -OCH3 is 1. The number of ether oxygens (including phenoxy) is 6. The number of carbonyl (C=O) groups excluding carboxylic acids is 1. The molecule has 0 saturated carbocycles. The van der Waals surface area contributed by atoms with E-state index in [4.69, 9.17) is 23.7 Å². The lowest BCUT2D eigenvalue weighted by atomic mass is 9.96. The Hall–Kier alpha value is -1.09. The van der Waals surface area contributed by atoms with E-state index in [0.717, 1.165) is 7.11 Å². The summed E-state index contributed by atoms with van der Waals surface area (Å²) in [4.78, 5) is 12.3. The molecule has 9 N–H and O–H groups in total. The van der Waals surface area contributed by atoms with E-state index in [2.05, 4.69) is 4.74 Å². The van der Waals surface area contributed by atoms with Gasteiger partial charge in [0.15, 0.2) is 25.0 Å². The molecule has 0 aromatic carbocycles. The van der Waals surface area contributed by atoms with Crippen LogP contribution in [0.5, 0.6) is 0 Å². The largest absolute Gasteiger partial charge is 0.467 e. The molecule has 3 fully saturated rings. The fourth-order valence-corrected chi connectivity index (χ4v) is 3.84. The molecular formula is C18H30O16. The van der Waals surface area contributed by atoms with Gasteiger partial charge in [0.2, 0.25) is 0 Å². The minimum Gasteiger partial charge on any atom is -0.467 e. The third-order valence-electron chi connectivity index (χ3n) is 5.86. The number of aliphatic hydroxyl groups is 9. The average Bonchev–Trinajstić information content (AvgIpc) is 2.82. The zero-order valence-electron chi connectivity index (χ0n) is 17.9. The second-order valence-electron chi connectivity index (χ2n) is 8.11. The predicted molar refractivity (Wildman–Crippen MR) is 100 cm³/mol. The van der Waals surface area contributed by atoms with Crippen molar-refractivity contribution < 1.29 is 79.2 Å². The van der Waals surface area contributed by atoms with Crippen LogP contribution in [0.25, 0.3) is 0 Å². The van der Waals surface area contributed by atoms with E-state index in [1.54, 1.807) is 0 Å². The lowest BCUT2D eigenvalue weighted by Gasteiger charge is -2.47. The summed E-state index contributed by atoms with van der Waals surface area (Å²) in [6.45, 7) is -1.25. The van der Waals surface area contributed by atoms with E-state index in [9.17, 15) is 50.8 Å². The fourth-order valence-electron chi connectivity index (χ4n) is 3.84. The smallest absolute Gasteiger partial charge is 0.337 e. The minimum atomic E-state index is -2.03. The van der Waals surface area contributed by atoms with Gasteiger partial charge in [-0.25, -0.2) is 4.79 Å². The van der Waals surface area contributed by atoms with Gasteiger partial charge >= 0.3 is 5.97 Å². The van der Waals surface area contributed by atoms with Gasteiger partial charge in [-0.05, 0) is 0 Å². The second kappa shape index (κ2) is 11.3. The minimum absolute atomic E-state index is 0.469. The Labute approximate surface area is 192 Å². The molecule has 3 heterocycles. The number of hydrogen-bond donors (Lipinski definition) is 9. The van der Waals surface area contributed by atoms with Gasteiger partial charge in [0.25, 0.3) is 0 Å². The SMILES string of the molecule is COC(=O)[C@H]1O[C@@H](O)[C@H](O)[C@@H](O[C@@H]2OC[C@H](O)[C@H](O)[C@H]2O)[C@@H]1O[C@@H]1O[C@H](CO)[C@H](O)[C@H](O)[C@H]1O. The van der Waals surface area contributed by atoms with Gasteiger partial charge < -0.3 is 74.4 Å². The molecular weight excluding hydrogens is 472 g/mol. The maximum atomic E-state index is 12.3. The second-order valence-corrected chi connectivity index (χ2v) is 8.11. The van der Waals surface area contributed by atoms with Crippen molar-refractivity contribution in [3.05, 3.63) is 0 Å². The summed E-state index contributed by atoms with van der Waals surface area (Å²) in [5.74, 6) is -1.12. The highest BCUT2D eigenvalue weighted by Gasteiger charge is 2.55. The number of aliphatic hydroxyl groups excluding tert-OH is 9. The van der Waals surface area contributed by atoms with Gasteiger partial charge in [-0.15, -0.1) is 0 Å². The van der Waals surface area contributed by atoms with E-state index in [-0.39, 0.29) is 0 Å². The highest BCUT2D eigenvalue weighted by atomic mass is 16.8. The molecule has 3 aliphatic rings. The van der Waals surface area contributed by atoms with Gasteiger partial charge in [0, 0.05) is 0 Å². The van der Waals surface area contributed by atoms with Crippen LogP contribution in [0.2, 0.25) is 0 Å². The lowest BCUT2D eigenvalue weighted by molar-refractivity contribution is -0.374. The molecule has 0 bridgehead atoms. The molecule has 3 aliphatic heterocycles. The zero-order chi connectivity index (χ0) is 25.3. The van der Waals surface area contributed by atoms with Crippen molar-refractivity contribution in [2.45, 2.75) is 86.0 Å². The number of esters is 1. The van der Waals surface area contributed by atoms with Gasteiger partial charge in [-0.1, -0.05) is 0 Å². The van der Waals surface area contributed by atoms with Crippen molar-refractivity contribution in [3.8, 4) is 0 Å². The Kier molecular flexibility index (Phi) is 9.15. The summed E-state index contributed by atoms with van der Waals surface area (Å²) in [7, 11) is 0.982. The van der Waals surface area contributed by atoms with Crippen LogP contribution in [0.4, 0.5) is 0 Å².